The number of hydrogen-bond acceptors (Lipinski definition) is 3. The Morgan fingerprint density at radius 2 is 2.11 bits per heavy atom. The number of benzene rings is 1. The van der Waals surface area contributed by atoms with Crippen molar-refractivity contribution in [3.05, 3.63) is 51.3 Å². The van der Waals surface area contributed by atoms with Crippen LogP contribution < -0.4 is 15.0 Å². The van der Waals surface area contributed by atoms with Crippen LogP contribution in [0.4, 0.5) is 22.0 Å². The first-order valence-corrected chi connectivity index (χ1v) is 8.63. The molecule has 1 atom stereocenters. The minimum Gasteiger partial charge on any atom is -0.490 e. The van der Waals surface area contributed by atoms with Crippen molar-refractivity contribution in [2.75, 3.05) is 13.5 Å². The minimum absolute atomic E-state index is 0.0156. The van der Waals surface area contributed by atoms with Crippen molar-refractivity contribution in [3.8, 4) is 11.5 Å². The Morgan fingerprint density at radius 1 is 1.37 bits per heavy atom. The summed E-state index contributed by atoms with van der Waals surface area (Å²) in [6, 6.07) is 3.23. The third-order valence-corrected chi connectivity index (χ3v) is 4.68. The van der Waals surface area contributed by atoms with Gasteiger partial charge < -0.3 is 14.0 Å². The number of halogens is 6. The fraction of sp³-hybridized carbons (Fsp3) is 0.353. The molecule has 0 saturated heterocycles. The molecule has 146 valence electrons. The zero-order valence-corrected chi connectivity index (χ0v) is 15.6. The van der Waals surface area contributed by atoms with Gasteiger partial charge in [0.15, 0.2) is 22.8 Å². The van der Waals surface area contributed by atoms with Crippen molar-refractivity contribution in [2.24, 2.45) is 12.0 Å². The van der Waals surface area contributed by atoms with E-state index in [0.717, 1.165) is 10.8 Å². The Balaban J connectivity index is 2.15. The highest BCUT2D eigenvalue weighted by molar-refractivity contribution is 9.10. The first-order chi connectivity index (χ1) is 12.7. The van der Waals surface area contributed by atoms with Crippen LogP contribution in [0.2, 0.25) is 0 Å². The summed E-state index contributed by atoms with van der Waals surface area (Å²) in [4.78, 5) is 4.41. The number of hydrogen-bond donors (Lipinski definition) is 0. The molecule has 0 spiro atoms. The van der Waals surface area contributed by atoms with E-state index in [1.54, 1.807) is 6.07 Å². The summed E-state index contributed by atoms with van der Waals surface area (Å²) in [5.41, 5.74) is -0.523. The van der Waals surface area contributed by atoms with Gasteiger partial charge in [0.2, 0.25) is 6.86 Å². The van der Waals surface area contributed by atoms with E-state index in [1.807, 2.05) is 0 Å². The molecule has 1 aromatic heterocycles. The van der Waals surface area contributed by atoms with Crippen LogP contribution in [0.25, 0.3) is 0 Å². The van der Waals surface area contributed by atoms with Crippen LogP contribution in [-0.4, -0.2) is 18.0 Å². The molecule has 1 unspecified atom stereocenters. The predicted octanol–water partition coefficient (Wildman–Crippen LogP) is 4.68. The lowest BCUT2D eigenvalue weighted by Gasteiger charge is -2.24. The maximum Gasteiger partial charge on any atom is 0.417 e. The van der Waals surface area contributed by atoms with Gasteiger partial charge in [-0.15, -0.1) is 0 Å². The van der Waals surface area contributed by atoms with Crippen molar-refractivity contribution in [3.63, 3.8) is 0 Å². The molecule has 2 heterocycles. The summed E-state index contributed by atoms with van der Waals surface area (Å²) in [6.45, 7) is -1.13. The SMILES string of the molecule is Cn1cc(C(F)(F)F)cc(OCF)/c1=N/C1CCOc2c1ccc(Br)c2F. The number of ether oxygens (including phenoxy) is 2. The van der Waals surface area contributed by atoms with Crippen LogP contribution in [0.3, 0.4) is 0 Å². The van der Waals surface area contributed by atoms with Gasteiger partial charge in [0, 0.05) is 25.2 Å². The second-order valence-electron chi connectivity index (χ2n) is 5.84. The summed E-state index contributed by atoms with van der Waals surface area (Å²) in [5.74, 6) is -0.892. The maximum atomic E-state index is 14.2. The molecule has 0 bridgehead atoms. The monoisotopic (exact) mass is 452 g/mol. The molecule has 0 fully saturated rings. The largest absolute Gasteiger partial charge is 0.490 e. The van der Waals surface area contributed by atoms with Crippen molar-refractivity contribution < 1.29 is 31.4 Å². The van der Waals surface area contributed by atoms with Crippen LogP contribution in [0.1, 0.15) is 23.6 Å². The molecule has 4 nitrogen and oxygen atoms in total. The van der Waals surface area contributed by atoms with E-state index in [4.69, 9.17) is 9.47 Å². The fourth-order valence-corrected chi connectivity index (χ4v) is 3.14. The van der Waals surface area contributed by atoms with Crippen LogP contribution >= 0.6 is 15.9 Å². The van der Waals surface area contributed by atoms with Crippen molar-refractivity contribution in [2.45, 2.75) is 18.6 Å². The molecule has 1 aliphatic heterocycles. The van der Waals surface area contributed by atoms with Crippen molar-refractivity contribution in [1.29, 1.82) is 0 Å². The quantitative estimate of drug-likeness (QED) is 0.634. The third-order valence-electron chi connectivity index (χ3n) is 4.07. The number of alkyl halides is 4. The van der Waals surface area contributed by atoms with Crippen molar-refractivity contribution >= 4 is 15.9 Å². The Morgan fingerprint density at radius 3 is 2.78 bits per heavy atom. The molecule has 0 saturated carbocycles. The summed E-state index contributed by atoms with van der Waals surface area (Å²) >= 11 is 3.07. The number of pyridine rings is 1. The number of fused-ring (bicyclic) bond motifs is 1. The van der Waals surface area contributed by atoms with Crippen LogP contribution in [0, 0.1) is 5.82 Å². The van der Waals surface area contributed by atoms with Gasteiger partial charge in [0.25, 0.3) is 0 Å². The van der Waals surface area contributed by atoms with Gasteiger partial charge in [-0.1, -0.05) is 6.07 Å². The van der Waals surface area contributed by atoms with Crippen LogP contribution in [0.5, 0.6) is 11.5 Å². The Kier molecular flexibility index (Phi) is 5.45. The van der Waals surface area contributed by atoms with Crippen molar-refractivity contribution in [1.82, 2.24) is 4.57 Å². The molecule has 0 radical (unpaired) electrons. The van der Waals surface area contributed by atoms with E-state index in [2.05, 4.69) is 20.9 Å². The van der Waals surface area contributed by atoms with E-state index in [0.29, 0.717) is 18.1 Å². The number of rotatable bonds is 3. The molecule has 1 aliphatic rings. The summed E-state index contributed by atoms with van der Waals surface area (Å²) in [5, 5.41) is 0. The van der Waals surface area contributed by atoms with E-state index in [1.165, 1.54) is 13.1 Å². The molecule has 0 amide bonds. The average molecular weight is 453 g/mol. The zero-order valence-electron chi connectivity index (χ0n) is 14.0. The van der Waals surface area contributed by atoms with E-state index in [9.17, 15) is 22.0 Å². The Hall–Kier alpha value is -2.10. The van der Waals surface area contributed by atoms with Crippen LogP contribution in [0.15, 0.2) is 33.9 Å². The molecule has 3 rings (SSSR count). The van der Waals surface area contributed by atoms with E-state index in [-0.39, 0.29) is 28.1 Å². The number of aromatic nitrogens is 1. The van der Waals surface area contributed by atoms with Crippen LogP contribution in [-0.2, 0) is 13.2 Å². The Bertz CT molecular complexity index is 927. The van der Waals surface area contributed by atoms with E-state index >= 15 is 0 Å². The predicted molar refractivity (Wildman–Crippen MR) is 89.5 cm³/mol. The molecule has 27 heavy (non-hydrogen) atoms. The molecule has 0 N–H and O–H groups in total. The molecular weight excluding hydrogens is 439 g/mol. The lowest BCUT2D eigenvalue weighted by molar-refractivity contribution is -0.138. The molecule has 0 aliphatic carbocycles. The van der Waals surface area contributed by atoms with Gasteiger partial charge >= 0.3 is 6.18 Å². The first-order valence-electron chi connectivity index (χ1n) is 7.83. The maximum absolute atomic E-state index is 14.2. The zero-order chi connectivity index (χ0) is 19.8. The minimum atomic E-state index is -4.62. The summed E-state index contributed by atoms with van der Waals surface area (Å²) < 4.78 is 77.4. The first kappa shape index (κ1) is 19.7. The van der Waals surface area contributed by atoms with Gasteiger partial charge in [0.05, 0.1) is 22.7 Å². The number of nitrogens with zero attached hydrogens (tertiary/aromatic N) is 2. The van der Waals surface area contributed by atoms with E-state index < -0.39 is 30.5 Å². The van der Waals surface area contributed by atoms with Gasteiger partial charge in [0.1, 0.15) is 0 Å². The standard InChI is InChI=1S/C17H14BrF5N2O2/c1-25-7-9(17(21,22)23)6-13(27-8-19)16(25)24-12-4-5-26-15-10(12)2-3-11(18)14(15)20/h2-3,6-7,12H,4-5,8H2,1H3/b24-16-. The van der Waals surface area contributed by atoms with Gasteiger partial charge in [-0.3, -0.25) is 4.99 Å². The summed E-state index contributed by atoms with van der Waals surface area (Å²) in [6.07, 6.45) is -3.40. The molecule has 2 aromatic rings. The van der Waals surface area contributed by atoms with Gasteiger partial charge in [-0.05, 0) is 28.1 Å². The highest BCUT2D eigenvalue weighted by Gasteiger charge is 2.32. The summed E-state index contributed by atoms with van der Waals surface area (Å²) in [7, 11) is 1.35. The molecular formula is C17H14BrF5N2O2. The smallest absolute Gasteiger partial charge is 0.417 e. The normalized spacial score (nSPS) is 17.4. The number of aryl methyl sites for hydroxylation is 1. The molecule has 10 heteroatoms. The third kappa shape index (κ3) is 3.95. The molecule has 1 aromatic carbocycles. The van der Waals surface area contributed by atoms with Gasteiger partial charge in [-0.25, -0.2) is 8.78 Å². The highest BCUT2D eigenvalue weighted by atomic mass is 79.9. The lowest BCUT2D eigenvalue weighted by Crippen LogP contribution is -2.25. The average Bonchev–Trinajstić information content (AvgIpc) is 2.60. The van der Waals surface area contributed by atoms with Gasteiger partial charge in [-0.2, -0.15) is 13.2 Å². The topological polar surface area (TPSA) is 35.8 Å². The second-order valence-corrected chi connectivity index (χ2v) is 6.69. The fourth-order valence-electron chi connectivity index (χ4n) is 2.83. The highest BCUT2D eigenvalue weighted by Crippen LogP contribution is 2.39. The second kappa shape index (κ2) is 7.49. The Labute approximate surface area is 159 Å². The lowest BCUT2D eigenvalue weighted by atomic mass is 10.0.